The van der Waals surface area contributed by atoms with Gasteiger partial charge in [-0.2, -0.15) is 0 Å². The zero-order valence-electron chi connectivity index (χ0n) is 11.7. The van der Waals surface area contributed by atoms with Crippen molar-refractivity contribution in [3.05, 3.63) is 35.4 Å². The van der Waals surface area contributed by atoms with Crippen molar-refractivity contribution in [2.75, 3.05) is 13.1 Å². The van der Waals surface area contributed by atoms with Crippen LogP contribution in [0.4, 0.5) is 8.78 Å². The van der Waals surface area contributed by atoms with Crippen LogP contribution in [0.1, 0.15) is 37.7 Å². The molecule has 0 spiro atoms. The summed E-state index contributed by atoms with van der Waals surface area (Å²) in [5.41, 5.74) is 0.751. The summed E-state index contributed by atoms with van der Waals surface area (Å²) < 4.78 is 26.7. The van der Waals surface area contributed by atoms with Crippen molar-refractivity contribution in [1.82, 2.24) is 10.2 Å². The molecule has 0 aromatic heterocycles. The number of benzene rings is 1. The normalized spacial score (nSPS) is 23.9. The average Bonchev–Trinajstić information content (AvgIpc) is 3.08. The maximum atomic E-state index is 13.4. The van der Waals surface area contributed by atoms with E-state index in [0.29, 0.717) is 18.6 Å². The molecule has 3 rings (SSSR count). The zero-order chi connectivity index (χ0) is 13.9. The van der Waals surface area contributed by atoms with Gasteiger partial charge >= 0.3 is 0 Å². The molecule has 1 aromatic rings. The lowest BCUT2D eigenvalue weighted by Crippen LogP contribution is -2.42. The van der Waals surface area contributed by atoms with Crippen molar-refractivity contribution in [2.24, 2.45) is 0 Å². The highest BCUT2D eigenvalue weighted by atomic mass is 19.1. The summed E-state index contributed by atoms with van der Waals surface area (Å²) in [4.78, 5) is 2.47. The van der Waals surface area contributed by atoms with Crippen LogP contribution in [0.2, 0.25) is 0 Å². The standard InChI is InChI=1S/C16H22F2N2/c17-13-7-12(8-14(18)9-13)11-20(15-3-1-2-4-15)16-5-6-19-10-16/h7-9,15-16,19H,1-6,10-11H2. The Bertz CT molecular complexity index is 416. The second-order valence-corrected chi connectivity index (χ2v) is 6.03. The Balaban J connectivity index is 1.77. The van der Waals surface area contributed by atoms with E-state index in [1.807, 2.05) is 0 Å². The molecule has 1 saturated heterocycles. The van der Waals surface area contributed by atoms with Crippen molar-refractivity contribution >= 4 is 0 Å². The van der Waals surface area contributed by atoms with E-state index in [1.54, 1.807) is 0 Å². The van der Waals surface area contributed by atoms with Gasteiger partial charge in [0.1, 0.15) is 11.6 Å². The summed E-state index contributed by atoms with van der Waals surface area (Å²) in [5.74, 6) is -0.952. The first-order chi connectivity index (χ1) is 9.72. The number of hydrogen-bond donors (Lipinski definition) is 1. The predicted octanol–water partition coefficient (Wildman–Crippen LogP) is 3.07. The van der Waals surface area contributed by atoms with E-state index in [1.165, 1.54) is 37.8 Å². The first-order valence-corrected chi connectivity index (χ1v) is 7.64. The molecule has 0 radical (unpaired) electrons. The lowest BCUT2D eigenvalue weighted by molar-refractivity contribution is 0.135. The summed E-state index contributed by atoms with van der Waals surface area (Å²) in [6.45, 7) is 2.70. The number of nitrogens with one attached hydrogen (secondary N) is 1. The SMILES string of the molecule is Fc1cc(F)cc(CN(C2CCCC2)C2CCNC2)c1. The van der Waals surface area contributed by atoms with E-state index in [4.69, 9.17) is 0 Å². The fraction of sp³-hybridized carbons (Fsp3) is 0.625. The molecule has 4 heteroatoms. The maximum Gasteiger partial charge on any atom is 0.126 e. The molecule has 1 unspecified atom stereocenters. The van der Waals surface area contributed by atoms with Crippen molar-refractivity contribution in [2.45, 2.75) is 50.7 Å². The van der Waals surface area contributed by atoms with Crippen LogP contribution in [-0.2, 0) is 6.54 Å². The fourth-order valence-corrected chi connectivity index (χ4v) is 3.63. The summed E-state index contributed by atoms with van der Waals surface area (Å²) in [6, 6.07) is 4.96. The number of rotatable bonds is 4. The molecule has 0 bridgehead atoms. The second-order valence-electron chi connectivity index (χ2n) is 6.03. The van der Waals surface area contributed by atoms with Gasteiger partial charge in [0.15, 0.2) is 0 Å². The van der Waals surface area contributed by atoms with Crippen LogP contribution < -0.4 is 5.32 Å². The maximum absolute atomic E-state index is 13.4. The Morgan fingerprint density at radius 2 is 1.70 bits per heavy atom. The van der Waals surface area contributed by atoms with Gasteiger partial charge in [-0.1, -0.05) is 12.8 Å². The lowest BCUT2D eigenvalue weighted by Gasteiger charge is -2.34. The molecule has 1 aliphatic heterocycles. The highest BCUT2D eigenvalue weighted by Gasteiger charge is 2.30. The summed E-state index contributed by atoms with van der Waals surface area (Å²) in [6.07, 6.45) is 6.12. The Morgan fingerprint density at radius 1 is 1.00 bits per heavy atom. The molecule has 1 aliphatic carbocycles. The van der Waals surface area contributed by atoms with Gasteiger partial charge in [-0.25, -0.2) is 8.78 Å². The molecular weight excluding hydrogens is 258 g/mol. The van der Waals surface area contributed by atoms with Gasteiger partial charge in [0.25, 0.3) is 0 Å². The van der Waals surface area contributed by atoms with Crippen LogP contribution in [0.5, 0.6) is 0 Å². The van der Waals surface area contributed by atoms with Crippen LogP contribution >= 0.6 is 0 Å². The van der Waals surface area contributed by atoms with E-state index in [2.05, 4.69) is 10.2 Å². The molecule has 20 heavy (non-hydrogen) atoms. The quantitative estimate of drug-likeness (QED) is 0.912. The van der Waals surface area contributed by atoms with Crippen molar-refractivity contribution in [3.8, 4) is 0 Å². The van der Waals surface area contributed by atoms with Crippen LogP contribution in [0, 0.1) is 11.6 Å². The van der Waals surface area contributed by atoms with Crippen molar-refractivity contribution < 1.29 is 8.78 Å². The molecule has 0 amide bonds. The minimum atomic E-state index is -0.476. The Morgan fingerprint density at radius 3 is 2.30 bits per heavy atom. The molecule has 1 saturated carbocycles. The molecule has 1 aromatic carbocycles. The van der Waals surface area contributed by atoms with E-state index < -0.39 is 11.6 Å². The highest BCUT2D eigenvalue weighted by Crippen LogP contribution is 2.28. The van der Waals surface area contributed by atoms with Gasteiger partial charge in [0, 0.05) is 31.2 Å². The highest BCUT2D eigenvalue weighted by molar-refractivity contribution is 5.18. The van der Waals surface area contributed by atoms with Gasteiger partial charge in [-0.3, -0.25) is 4.90 Å². The number of halogens is 2. The number of hydrogen-bond acceptors (Lipinski definition) is 2. The molecule has 1 atom stereocenters. The molecule has 1 N–H and O–H groups in total. The van der Waals surface area contributed by atoms with E-state index >= 15 is 0 Å². The Kier molecular flexibility index (Phi) is 4.32. The van der Waals surface area contributed by atoms with Gasteiger partial charge in [-0.15, -0.1) is 0 Å². The second kappa shape index (κ2) is 6.19. The lowest BCUT2D eigenvalue weighted by atomic mass is 10.1. The summed E-state index contributed by atoms with van der Waals surface area (Å²) in [7, 11) is 0. The molecule has 2 aliphatic rings. The van der Waals surface area contributed by atoms with Gasteiger partial charge < -0.3 is 5.32 Å². The monoisotopic (exact) mass is 280 g/mol. The van der Waals surface area contributed by atoms with Gasteiger partial charge in [-0.05, 0) is 43.5 Å². The van der Waals surface area contributed by atoms with E-state index in [-0.39, 0.29) is 0 Å². The molecule has 2 nitrogen and oxygen atoms in total. The fourth-order valence-electron chi connectivity index (χ4n) is 3.63. The van der Waals surface area contributed by atoms with E-state index in [0.717, 1.165) is 31.1 Å². The topological polar surface area (TPSA) is 15.3 Å². The summed E-state index contributed by atoms with van der Waals surface area (Å²) >= 11 is 0. The molecule has 110 valence electrons. The van der Waals surface area contributed by atoms with Crippen molar-refractivity contribution in [3.63, 3.8) is 0 Å². The average molecular weight is 280 g/mol. The first kappa shape index (κ1) is 14.0. The minimum Gasteiger partial charge on any atom is -0.315 e. The third kappa shape index (κ3) is 3.18. The summed E-state index contributed by atoms with van der Waals surface area (Å²) in [5, 5.41) is 3.39. The molecule has 2 fully saturated rings. The van der Waals surface area contributed by atoms with Gasteiger partial charge in [0.05, 0.1) is 0 Å². The number of nitrogens with zero attached hydrogens (tertiary/aromatic N) is 1. The minimum absolute atomic E-state index is 0.476. The van der Waals surface area contributed by atoms with E-state index in [9.17, 15) is 8.78 Å². The third-order valence-electron chi connectivity index (χ3n) is 4.58. The van der Waals surface area contributed by atoms with Gasteiger partial charge in [0.2, 0.25) is 0 Å². The third-order valence-corrected chi connectivity index (χ3v) is 4.58. The predicted molar refractivity (Wildman–Crippen MR) is 75.4 cm³/mol. The van der Waals surface area contributed by atoms with Crippen LogP contribution in [0.25, 0.3) is 0 Å². The molecule has 1 heterocycles. The van der Waals surface area contributed by atoms with Crippen LogP contribution in [-0.4, -0.2) is 30.1 Å². The Hall–Kier alpha value is -1.00. The zero-order valence-corrected chi connectivity index (χ0v) is 11.7. The molecular formula is C16H22F2N2. The van der Waals surface area contributed by atoms with Crippen molar-refractivity contribution in [1.29, 1.82) is 0 Å². The largest absolute Gasteiger partial charge is 0.315 e. The first-order valence-electron chi connectivity index (χ1n) is 7.64. The van der Waals surface area contributed by atoms with Crippen LogP contribution in [0.15, 0.2) is 18.2 Å². The smallest absolute Gasteiger partial charge is 0.126 e. The Labute approximate surface area is 119 Å². The van der Waals surface area contributed by atoms with Crippen LogP contribution in [0.3, 0.4) is 0 Å².